The van der Waals surface area contributed by atoms with Crippen molar-refractivity contribution in [3.8, 4) is 6.07 Å². The standard InChI is InChI=1S/C13H16N2/c1-9-6-11(8-14)7-12(10(9)2)13-4-3-5-15-13/h6-7,13,15H,3-5H2,1-2H3. The molecule has 1 aromatic rings. The molecule has 1 N–H and O–H groups in total. The Balaban J connectivity index is 2.45. The van der Waals surface area contributed by atoms with Crippen LogP contribution in [0.4, 0.5) is 0 Å². The molecule has 15 heavy (non-hydrogen) atoms. The van der Waals surface area contributed by atoms with E-state index in [-0.39, 0.29) is 0 Å². The Morgan fingerprint density at radius 2 is 2.20 bits per heavy atom. The molecule has 0 aliphatic carbocycles. The van der Waals surface area contributed by atoms with Crippen molar-refractivity contribution in [1.29, 1.82) is 5.26 Å². The van der Waals surface area contributed by atoms with Crippen molar-refractivity contribution < 1.29 is 0 Å². The van der Waals surface area contributed by atoms with E-state index >= 15 is 0 Å². The fourth-order valence-corrected chi connectivity index (χ4v) is 2.26. The summed E-state index contributed by atoms with van der Waals surface area (Å²) in [6.07, 6.45) is 2.43. The molecule has 1 aliphatic heterocycles. The summed E-state index contributed by atoms with van der Waals surface area (Å²) in [4.78, 5) is 0. The molecule has 1 atom stereocenters. The van der Waals surface area contributed by atoms with Crippen LogP contribution in [0.5, 0.6) is 0 Å². The highest BCUT2D eigenvalue weighted by Gasteiger charge is 2.19. The van der Waals surface area contributed by atoms with E-state index in [0.29, 0.717) is 6.04 Å². The average Bonchev–Trinajstić information content (AvgIpc) is 2.75. The predicted molar refractivity (Wildman–Crippen MR) is 60.6 cm³/mol. The van der Waals surface area contributed by atoms with Gasteiger partial charge < -0.3 is 5.32 Å². The molecule has 1 aliphatic rings. The Bertz CT molecular complexity index is 409. The predicted octanol–water partition coefficient (Wildman–Crippen LogP) is 2.60. The maximum atomic E-state index is 8.95. The maximum absolute atomic E-state index is 8.95. The number of aryl methyl sites for hydroxylation is 1. The van der Waals surface area contributed by atoms with Crippen LogP contribution in [0.15, 0.2) is 12.1 Å². The Labute approximate surface area is 90.9 Å². The zero-order valence-corrected chi connectivity index (χ0v) is 9.30. The van der Waals surface area contributed by atoms with Crippen LogP contribution in [-0.4, -0.2) is 6.54 Å². The lowest BCUT2D eigenvalue weighted by atomic mass is 9.94. The third kappa shape index (κ3) is 1.88. The van der Waals surface area contributed by atoms with Crippen molar-refractivity contribution in [2.45, 2.75) is 32.7 Å². The maximum Gasteiger partial charge on any atom is 0.0991 e. The van der Waals surface area contributed by atoms with Crippen molar-refractivity contribution in [3.05, 3.63) is 34.4 Å². The number of rotatable bonds is 1. The second-order valence-corrected chi connectivity index (χ2v) is 4.27. The number of benzene rings is 1. The molecule has 1 unspecified atom stereocenters. The van der Waals surface area contributed by atoms with Gasteiger partial charge in [-0.25, -0.2) is 0 Å². The first kappa shape index (κ1) is 10.2. The van der Waals surface area contributed by atoms with Crippen LogP contribution in [0.1, 0.15) is 41.1 Å². The molecule has 1 fully saturated rings. The Kier molecular flexibility index (Phi) is 2.75. The SMILES string of the molecule is Cc1cc(C#N)cc(C2CCCN2)c1C. The van der Waals surface area contributed by atoms with Gasteiger partial charge in [0.2, 0.25) is 0 Å². The lowest BCUT2D eigenvalue weighted by Gasteiger charge is -2.16. The molecule has 0 amide bonds. The van der Waals surface area contributed by atoms with Gasteiger partial charge in [0.1, 0.15) is 0 Å². The van der Waals surface area contributed by atoms with E-state index in [1.54, 1.807) is 0 Å². The number of hydrogen-bond acceptors (Lipinski definition) is 2. The smallest absolute Gasteiger partial charge is 0.0991 e. The van der Waals surface area contributed by atoms with Gasteiger partial charge in [-0.1, -0.05) is 0 Å². The number of nitrogens with one attached hydrogen (secondary N) is 1. The molecule has 1 heterocycles. The van der Waals surface area contributed by atoms with E-state index < -0.39 is 0 Å². The fourth-order valence-electron chi connectivity index (χ4n) is 2.26. The zero-order valence-electron chi connectivity index (χ0n) is 9.30. The van der Waals surface area contributed by atoms with Crippen LogP contribution in [0.25, 0.3) is 0 Å². The van der Waals surface area contributed by atoms with Gasteiger partial charge in [0.25, 0.3) is 0 Å². The normalized spacial score (nSPS) is 20.2. The van der Waals surface area contributed by atoms with Crippen LogP contribution in [0, 0.1) is 25.2 Å². The van der Waals surface area contributed by atoms with E-state index in [9.17, 15) is 0 Å². The van der Waals surface area contributed by atoms with Gasteiger partial charge in [-0.05, 0) is 62.1 Å². The molecule has 0 spiro atoms. The van der Waals surface area contributed by atoms with Gasteiger partial charge >= 0.3 is 0 Å². The van der Waals surface area contributed by atoms with Crippen molar-refractivity contribution >= 4 is 0 Å². The summed E-state index contributed by atoms with van der Waals surface area (Å²) >= 11 is 0. The first-order valence-electron chi connectivity index (χ1n) is 5.47. The Hall–Kier alpha value is -1.33. The van der Waals surface area contributed by atoms with Crippen LogP contribution in [-0.2, 0) is 0 Å². The first-order valence-corrected chi connectivity index (χ1v) is 5.47. The summed E-state index contributed by atoms with van der Waals surface area (Å²) in [7, 11) is 0. The molecule has 0 saturated carbocycles. The highest BCUT2D eigenvalue weighted by molar-refractivity contribution is 5.44. The van der Waals surface area contributed by atoms with Gasteiger partial charge in [0, 0.05) is 6.04 Å². The highest BCUT2D eigenvalue weighted by atomic mass is 14.9. The topological polar surface area (TPSA) is 35.8 Å². The molecule has 0 aromatic heterocycles. The molecule has 2 heteroatoms. The molecule has 2 nitrogen and oxygen atoms in total. The summed E-state index contributed by atoms with van der Waals surface area (Å²) in [6.45, 7) is 5.32. The second kappa shape index (κ2) is 4.04. The Morgan fingerprint density at radius 3 is 2.80 bits per heavy atom. The van der Waals surface area contributed by atoms with Gasteiger partial charge in [0.15, 0.2) is 0 Å². The summed E-state index contributed by atoms with van der Waals surface area (Å²) in [5.74, 6) is 0. The molecule has 1 aromatic carbocycles. The van der Waals surface area contributed by atoms with Crippen LogP contribution in [0.3, 0.4) is 0 Å². The molecule has 0 bridgehead atoms. The zero-order chi connectivity index (χ0) is 10.8. The van der Waals surface area contributed by atoms with Gasteiger partial charge in [-0.3, -0.25) is 0 Å². The lowest BCUT2D eigenvalue weighted by molar-refractivity contribution is 0.643. The van der Waals surface area contributed by atoms with Gasteiger partial charge in [-0.15, -0.1) is 0 Å². The number of nitrogens with zero attached hydrogens (tertiary/aromatic N) is 1. The molecule has 1 saturated heterocycles. The van der Waals surface area contributed by atoms with Crippen LogP contribution >= 0.6 is 0 Å². The van der Waals surface area contributed by atoms with E-state index in [2.05, 4.69) is 25.2 Å². The van der Waals surface area contributed by atoms with Crippen LogP contribution in [0.2, 0.25) is 0 Å². The van der Waals surface area contributed by atoms with Crippen molar-refractivity contribution in [1.82, 2.24) is 5.32 Å². The van der Waals surface area contributed by atoms with Crippen molar-refractivity contribution in [2.75, 3.05) is 6.54 Å². The molecular formula is C13H16N2. The Morgan fingerprint density at radius 1 is 1.40 bits per heavy atom. The van der Waals surface area contributed by atoms with E-state index in [4.69, 9.17) is 5.26 Å². The summed E-state index contributed by atoms with van der Waals surface area (Å²) < 4.78 is 0. The monoisotopic (exact) mass is 200 g/mol. The lowest BCUT2D eigenvalue weighted by Crippen LogP contribution is -2.14. The summed E-state index contributed by atoms with van der Waals surface area (Å²) in [5, 5.41) is 12.4. The first-order chi connectivity index (χ1) is 7.22. The van der Waals surface area contributed by atoms with E-state index in [1.807, 2.05) is 12.1 Å². The summed E-state index contributed by atoms with van der Waals surface area (Å²) in [6, 6.07) is 6.69. The van der Waals surface area contributed by atoms with E-state index in [1.165, 1.54) is 29.5 Å². The minimum atomic E-state index is 0.456. The van der Waals surface area contributed by atoms with Crippen molar-refractivity contribution in [2.24, 2.45) is 0 Å². The average molecular weight is 200 g/mol. The summed E-state index contributed by atoms with van der Waals surface area (Å²) in [5.41, 5.74) is 4.64. The van der Waals surface area contributed by atoms with Gasteiger partial charge in [-0.2, -0.15) is 5.26 Å². The minimum Gasteiger partial charge on any atom is -0.310 e. The number of hydrogen-bond donors (Lipinski definition) is 1. The largest absolute Gasteiger partial charge is 0.310 e. The highest BCUT2D eigenvalue weighted by Crippen LogP contribution is 2.28. The molecule has 2 rings (SSSR count). The van der Waals surface area contributed by atoms with Gasteiger partial charge in [0.05, 0.1) is 11.6 Å². The third-order valence-electron chi connectivity index (χ3n) is 3.27. The quantitative estimate of drug-likeness (QED) is 0.756. The van der Waals surface area contributed by atoms with Crippen molar-refractivity contribution in [3.63, 3.8) is 0 Å². The minimum absolute atomic E-state index is 0.456. The molecular weight excluding hydrogens is 184 g/mol. The second-order valence-electron chi connectivity index (χ2n) is 4.27. The fraction of sp³-hybridized carbons (Fsp3) is 0.462. The third-order valence-corrected chi connectivity index (χ3v) is 3.27. The molecule has 0 radical (unpaired) electrons. The molecule has 78 valence electrons. The number of nitriles is 1. The van der Waals surface area contributed by atoms with E-state index in [0.717, 1.165) is 12.1 Å². The van der Waals surface area contributed by atoms with Crippen LogP contribution < -0.4 is 5.32 Å².